The van der Waals surface area contributed by atoms with Gasteiger partial charge in [0.1, 0.15) is 18.3 Å². The van der Waals surface area contributed by atoms with Crippen LogP contribution in [0.4, 0.5) is 24.5 Å². The van der Waals surface area contributed by atoms with Crippen LogP contribution in [0.2, 0.25) is 0 Å². The van der Waals surface area contributed by atoms with E-state index in [1.807, 2.05) is 6.07 Å². The molecule has 1 aromatic carbocycles. The van der Waals surface area contributed by atoms with Crippen LogP contribution in [-0.4, -0.2) is 28.3 Å². The van der Waals surface area contributed by atoms with E-state index in [1.165, 1.54) is 11.0 Å². The van der Waals surface area contributed by atoms with Crippen molar-refractivity contribution in [2.75, 3.05) is 16.8 Å². The number of halogens is 3. The number of hydrogen-bond donors (Lipinski definition) is 1. The van der Waals surface area contributed by atoms with Crippen LogP contribution in [-0.2, 0) is 22.2 Å². The van der Waals surface area contributed by atoms with Crippen LogP contribution in [0.15, 0.2) is 48.7 Å². The molecule has 1 N–H and O–H groups in total. The number of aryl methyl sites for hydroxylation is 1. The Kier molecular flexibility index (Phi) is 5.55. The number of carbonyl (C=O) groups excluding carboxylic acids is 2. The number of fused-ring (bicyclic) bond motifs is 3. The fourth-order valence-electron chi connectivity index (χ4n) is 3.70. The number of hydrogen-bond acceptors (Lipinski definition) is 5. The molecule has 0 radical (unpaired) electrons. The van der Waals surface area contributed by atoms with Crippen molar-refractivity contribution in [3.05, 3.63) is 71.3 Å². The van der Waals surface area contributed by atoms with E-state index >= 15 is 0 Å². The fourth-order valence-corrected chi connectivity index (χ4v) is 3.70. The van der Waals surface area contributed by atoms with E-state index in [2.05, 4.69) is 15.3 Å². The Balaban J connectivity index is 1.67. The first-order chi connectivity index (χ1) is 15.7. The number of amides is 2. The van der Waals surface area contributed by atoms with Gasteiger partial charge in [0.25, 0.3) is 0 Å². The third kappa shape index (κ3) is 4.39. The number of carbonyl (C=O) groups is 2. The highest BCUT2D eigenvalue weighted by atomic mass is 19.4. The molecule has 0 bridgehead atoms. The second kappa shape index (κ2) is 8.35. The van der Waals surface area contributed by atoms with Crippen molar-refractivity contribution in [2.24, 2.45) is 0 Å². The van der Waals surface area contributed by atoms with Gasteiger partial charge in [-0.1, -0.05) is 6.07 Å². The van der Waals surface area contributed by atoms with Gasteiger partial charge in [-0.05, 0) is 43.3 Å². The maximum absolute atomic E-state index is 13.1. The lowest BCUT2D eigenvalue weighted by Gasteiger charge is -2.23. The molecular formula is C23H16F3N5O2. The van der Waals surface area contributed by atoms with Crippen molar-refractivity contribution in [3.63, 3.8) is 0 Å². The largest absolute Gasteiger partial charge is 0.416 e. The highest BCUT2D eigenvalue weighted by Gasteiger charge is 2.31. The van der Waals surface area contributed by atoms with Crippen LogP contribution in [0.5, 0.6) is 0 Å². The lowest BCUT2D eigenvalue weighted by Crippen LogP contribution is -2.38. The van der Waals surface area contributed by atoms with Gasteiger partial charge < -0.3 is 10.2 Å². The molecule has 1 aliphatic heterocycles. The summed E-state index contributed by atoms with van der Waals surface area (Å²) in [6.45, 7) is 1.29. The summed E-state index contributed by atoms with van der Waals surface area (Å²) in [4.78, 5) is 35.6. The first-order valence-corrected chi connectivity index (χ1v) is 9.81. The Bertz CT molecular complexity index is 1300. The normalized spacial score (nSPS) is 12.9. The number of nitriles is 1. The second-order valence-electron chi connectivity index (χ2n) is 7.38. The zero-order chi connectivity index (χ0) is 23.8. The monoisotopic (exact) mass is 451 g/mol. The van der Waals surface area contributed by atoms with Crippen molar-refractivity contribution < 1.29 is 22.8 Å². The molecule has 33 heavy (non-hydrogen) atoms. The molecule has 3 heterocycles. The quantitative estimate of drug-likeness (QED) is 0.652. The smallest absolute Gasteiger partial charge is 0.325 e. The summed E-state index contributed by atoms with van der Waals surface area (Å²) in [7, 11) is 0. The second-order valence-corrected chi connectivity index (χ2v) is 7.38. The maximum Gasteiger partial charge on any atom is 0.416 e. The molecule has 10 heteroatoms. The molecule has 7 nitrogen and oxygen atoms in total. The summed E-state index contributed by atoms with van der Waals surface area (Å²) in [6, 6.07) is 10.9. The summed E-state index contributed by atoms with van der Waals surface area (Å²) in [5.41, 5.74) is 2.03. The highest BCUT2D eigenvalue weighted by molar-refractivity contribution is 6.07. The minimum atomic E-state index is -4.49. The van der Waals surface area contributed by atoms with E-state index in [-0.39, 0.29) is 17.8 Å². The van der Waals surface area contributed by atoms with E-state index in [9.17, 15) is 28.0 Å². The van der Waals surface area contributed by atoms with Gasteiger partial charge in [-0.15, -0.1) is 0 Å². The lowest BCUT2D eigenvalue weighted by atomic mass is 10.00. The zero-order valence-electron chi connectivity index (χ0n) is 17.3. The molecular weight excluding hydrogens is 435 g/mol. The maximum atomic E-state index is 13.1. The topological polar surface area (TPSA) is 99.0 Å². The van der Waals surface area contributed by atoms with Crippen LogP contribution in [0.3, 0.4) is 0 Å². The molecule has 166 valence electrons. The Hall–Kier alpha value is -4.26. The summed E-state index contributed by atoms with van der Waals surface area (Å²) in [5, 5.41) is 11.9. The van der Waals surface area contributed by atoms with Crippen molar-refractivity contribution >= 4 is 23.2 Å². The van der Waals surface area contributed by atoms with Crippen LogP contribution < -0.4 is 10.2 Å². The van der Waals surface area contributed by atoms with Gasteiger partial charge in [-0.3, -0.25) is 14.6 Å². The number of rotatable bonds is 3. The van der Waals surface area contributed by atoms with Crippen LogP contribution in [0.1, 0.15) is 22.6 Å². The third-order valence-electron chi connectivity index (χ3n) is 5.16. The summed E-state index contributed by atoms with van der Waals surface area (Å²) < 4.78 is 38.3. The molecule has 0 saturated heterocycles. The van der Waals surface area contributed by atoms with E-state index in [0.717, 1.165) is 24.3 Å². The summed E-state index contributed by atoms with van der Waals surface area (Å²) >= 11 is 0. The number of pyridine rings is 2. The molecule has 0 atom stereocenters. The number of nitrogens with one attached hydrogen (secondary N) is 1. The lowest BCUT2D eigenvalue weighted by molar-refractivity contribution is -0.137. The van der Waals surface area contributed by atoms with Crippen molar-refractivity contribution in [1.29, 1.82) is 5.26 Å². The average molecular weight is 451 g/mol. The van der Waals surface area contributed by atoms with Gasteiger partial charge in [0, 0.05) is 28.7 Å². The fraction of sp³-hybridized carbons (Fsp3) is 0.174. The van der Waals surface area contributed by atoms with Gasteiger partial charge in [-0.25, -0.2) is 4.98 Å². The Morgan fingerprint density at radius 1 is 1.24 bits per heavy atom. The number of aromatic nitrogens is 2. The van der Waals surface area contributed by atoms with Gasteiger partial charge >= 0.3 is 6.18 Å². The molecule has 0 aliphatic carbocycles. The van der Waals surface area contributed by atoms with Gasteiger partial charge in [0.15, 0.2) is 0 Å². The third-order valence-corrected chi connectivity index (χ3v) is 5.16. The summed E-state index contributed by atoms with van der Waals surface area (Å²) in [6.07, 6.45) is -3.00. The highest BCUT2D eigenvalue weighted by Crippen LogP contribution is 2.38. The average Bonchev–Trinajstić information content (AvgIpc) is 2.88. The Labute approximate surface area is 186 Å². The van der Waals surface area contributed by atoms with Crippen molar-refractivity contribution in [1.82, 2.24) is 9.97 Å². The minimum absolute atomic E-state index is 0.0697. The predicted octanol–water partition coefficient (Wildman–Crippen LogP) is 3.87. The van der Waals surface area contributed by atoms with E-state index in [1.54, 1.807) is 25.3 Å². The van der Waals surface area contributed by atoms with E-state index < -0.39 is 30.1 Å². The van der Waals surface area contributed by atoms with Gasteiger partial charge in [0.2, 0.25) is 11.8 Å². The van der Waals surface area contributed by atoms with Gasteiger partial charge in [0.05, 0.1) is 23.4 Å². The summed E-state index contributed by atoms with van der Waals surface area (Å²) in [5.74, 6) is -1.02. The van der Waals surface area contributed by atoms with E-state index in [4.69, 9.17) is 0 Å². The van der Waals surface area contributed by atoms with Crippen molar-refractivity contribution in [3.8, 4) is 17.2 Å². The predicted molar refractivity (Wildman–Crippen MR) is 113 cm³/mol. The number of benzene rings is 1. The molecule has 0 spiro atoms. The Morgan fingerprint density at radius 2 is 1.97 bits per heavy atom. The van der Waals surface area contributed by atoms with Crippen molar-refractivity contribution in [2.45, 2.75) is 19.5 Å². The molecule has 2 amide bonds. The zero-order valence-corrected chi connectivity index (χ0v) is 17.3. The SMILES string of the molecule is Cc1nc(C#N)cc2c1-c1cccnc1CC(=O)N2CC(=O)Nc1ccc(C(F)(F)F)cc1. The Morgan fingerprint density at radius 3 is 2.64 bits per heavy atom. The standard InChI is InChI=1S/C23H16F3N5O2/c1-13-22-17-3-2-8-28-18(17)10-21(33)31(19(22)9-16(11-27)29-13)12-20(32)30-15-6-4-14(5-7-15)23(24,25)26/h2-9H,10,12H2,1H3,(H,30,32). The van der Waals surface area contributed by atoms with Crippen LogP contribution in [0, 0.1) is 18.3 Å². The first kappa shape index (κ1) is 22.0. The minimum Gasteiger partial charge on any atom is -0.325 e. The molecule has 1 aliphatic rings. The molecule has 3 aromatic rings. The van der Waals surface area contributed by atoms with Crippen LogP contribution in [0.25, 0.3) is 11.1 Å². The number of alkyl halides is 3. The molecule has 4 rings (SSSR count). The number of anilines is 2. The molecule has 0 unspecified atom stereocenters. The van der Waals surface area contributed by atoms with Crippen LogP contribution >= 0.6 is 0 Å². The van der Waals surface area contributed by atoms with Gasteiger partial charge in [-0.2, -0.15) is 18.4 Å². The molecule has 2 aromatic heterocycles. The first-order valence-electron chi connectivity index (χ1n) is 9.81. The molecule has 0 saturated carbocycles. The number of nitrogens with zero attached hydrogens (tertiary/aromatic N) is 4. The van der Waals surface area contributed by atoms with E-state index in [0.29, 0.717) is 28.2 Å². The molecule has 0 fully saturated rings.